The highest BCUT2D eigenvalue weighted by Gasteiger charge is 2.30. The highest BCUT2D eigenvalue weighted by molar-refractivity contribution is 5.94. The molecule has 1 aromatic heterocycles. The summed E-state index contributed by atoms with van der Waals surface area (Å²) in [5, 5.41) is 6.13. The van der Waals surface area contributed by atoms with Gasteiger partial charge in [-0.3, -0.25) is 14.6 Å². The van der Waals surface area contributed by atoms with E-state index in [1.165, 1.54) is 5.56 Å². The van der Waals surface area contributed by atoms with Gasteiger partial charge >= 0.3 is 0 Å². The van der Waals surface area contributed by atoms with E-state index in [0.29, 0.717) is 6.54 Å². The summed E-state index contributed by atoms with van der Waals surface area (Å²) in [6.45, 7) is 6.64. The zero-order valence-electron chi connectivity index (χ0n) is 16.9. The first-order valence-corrected chi connectivity index (χ1v) is 9.99. The highest BCUT2D eigenvalue weighted by atomic mass is 16.2. The molecular formula is C23H29N3O2. The van der Waals surface area contributed by atoms with E-state index in [9.17, 15) is 9.59 Å². The van der Waals surface area contributed by atoms with E-state index in [4.69, 9.17) is 0 Å². The van der Waals surface area contributed by atoms with Gasteiger partial charge in [0.15, 0.2) is 0 Å². The molecule has 1 saturated carbocycles. The smallest absolute Gasteiger partial charge is 0.227 e. The topological polar surface area (TPSA) is 71.1 Å². The molecule has 1 heterocycles. The minimum absolute atomic E-state index is 0.00580. The van der Waals surface area contributed by atoms with Crippen molar-refractivity contribution in [1.82, 2.24) is 10.3 Å². The number of aryl methyl sites for hydroxylation is 3. The van der Waals surface area contributed by atoms with E-state index in [2.05, 4.69) is 34.7 Å². The minimum atomic E-state index is -0.0237. The molecule has 5 nitrogen and oxygen atoms in total. The van der Waals surface area contributed by atoms with Crippen molar-refractivity contribution in [2.45, 2.75) is 53.0 Å². The van der Waals surface area contributed by atoms with Crippen LogP contribution < -0.4 is 10.6 Å². The van der Waals surface area contributed by atoms with Crippen LogP contribution in [0.1, 0.15) is 47.9 Å². The fourth-order valence-electron chi connectivity index (χ4n) is 4.05. The fourth-order valence-corrected chi connectivity index (χ4v) is 4.05. The molecule has 0 saturated heterocycles. The van der Waals surface area contributed by atoms with Gasteiger partial charge in [-0.15, -0.1) is 0 Å². The first-order valence-electron chi connectivity index (χ1n) is 9.99. The summed E-state index contributed by atoms with van der Waals surface area (Å²) in [5.74, 6) is 0.129. The zero-order chi connectivity index (χ0) is 20.1. The summed E-state index contributed by atoms with van der Waals surface area (Å²) in [4.78, 5) is 29.1. The molecule has 1 aliphatic rings. The standard InChI is InChI=1S/C23H29N3O2/c1-15-12-16(2)21(17(3)13-15)26-23(28)20-6-4-19(5-7-20)22(27)25-14-18-8-10-24-11-9-18/h8-13,19-20H,4-7,14H2,1-3H3,(H,25,27)(H,26,28). The summed E-state index contributed by atoms with van der Waals surface area (Å²) in [6.07, 6.45) is 6.47. The summed E-state index contributed by atoms with van der Waals surface area (Å²) >= 11 is 0. The van der Waals surface area contributed by atoms with Crippen molar-refractivity contribution in [3.8, 4) is 0 Å². The molecule has 5 heteroatoms. The molecule has 2 aromatic rings. The SMILES string of the molecule is Cc1cc(C)c(NC(=O)C2CCC(C(=O)NCc3ccncc3)CC2)c(C)c1. The van der Waals surface area contributed by atoms with Gasteiger partial charge in [-0.2, -0.15) is 0 Å². The highest BCUT2D eigenvalue weighted by Crippen LogP contribution is 2.31. The van der Waals surface area contributed by atoms with Crippen molar-refractivity contribution in [2.75, 3.05) is 5.32 Å². The Labute approximate surface area is 167 Å². The molecule has 2 N–H and O–H groups in total. The molecule has 0 bridgehead atoms. The lowest BCUT2D eigenvalue weighted by atomic mass is 9.81. The molecule has 1 aliphatic carbocycles. The molecule has 2 amide bonds. The predicted octanol–water partition coefficient (Wildman–Crippen LogP) is 4.07. The third kappa shape index (κ3) is 4.97. The van der Waals surface area contributed by atoms with Gasteiger partial charge in [0.1, 0.15) is 0 Å². The molecular weight excluding hydrogens is 350 g/mol. The first kappa shape index (κ1) is 20.1. The van der Waals surface area contributed by atoms with Crippen molar-refractivity contribution in [2.24, 2.45) is 11.8 Å². The van der Waals surface area contributed by atoms with Crippen LogP contribution >= 0.6 is 0 Å². The number of nitrogens with one attached hydrogen (secondary N) is 2. The number of hydrogen-bond acceptors (Lipinski definition) is 3. The van der Waals surface area contributed by atoms with E-state index < -0.39 is 0 Å². The number of amides is 2. The van der Waals surface area contributed by atoms with Gasteiger partial charge in [-0.25, -0.2) is 0 Å². The average Bonchev–Trinajstić information content (AvgIpc) is 2.69. The van der Waals surface area contributed by atoms with Crippen LogP contribution in [0.2, 0.25) is 0 Å². The predicted molar refractivity (Wildman–Crippen MR) is 111 cm³/mol. The quantitative estimate of drug-likeness (QED) is 0.823. The molecule has 1 aromatic carbocycles. The molecule has 0 spiro atoms. The summed E-state index contributed by atoms with van der Waals surface area (Å²) in [5.41, 5.74) is 5.35. The molecule has 3 rings (SSSR count). The Hall–Kier alpha value is -2.69. The lowest BCUT2D eigenvalue weighted by Gasteiger charge is -2.27. The van der Waals surface area contributed by atoms with Crippen molar-refractivity contribution in [3.63, 3.8) is 0 Å². The third-order valence-electron chi connectivity index (χ3n) is 5.61. The van der Waals surface area contributed by atoms with Crippen molar-refractivity contribution in [1.29, 1.82) is 0 Å². The van der Waals surface area contributed by atoms with Gasteiger partial charge in [0, 0.05) is 36.5 Å². The van der Waals surface area contributed by atoms with E-state index in [1.54, 1.807) is 12.4 Å². The third-order valence-corrected chi connectivity index (χ3v) is 5.61. The Kier molecular flexibility index (Phi) is 6.45. The molecule has 0 radical (unpaired) electrons. The Morgan fingerprint density at radius 2 is 1.46 bits per heavy atom. The van der Waals surface area contributed by atoms with E-state index in [0.717, 1.165) is 48.1 Å². The zero-order valence-corrected chi connectivity index (χ0v) is 16.9. The van der Waals surface area contributed by atoms with Gasteiger partial charge in [-0.1, -0.05) is 17.7 Å². The van der Waals surface area contributed by atoms with Crippen LogP contribution in [0.15, 0.2) is 36.7 Å². The number of rotatable bonds is 5. The second-order valence-corrected chi connectivity index (χ2v) is 7.88. The number of nitrogens with zero attached hydrogens (tertiary/aromatic N) is 1. The van der Waals surface area contributed by atoms with Crippen LogP contribution in [0.25, 0.3) is 0 Å². The maximum Gasteiger partial charge on any atom is 0.227 e. The number of pyridine rings is 1. The van der Waals surface area contributed by atoms with Crippen LogP contribution in [0.3, 0.4) is 0 Å². The Morgan fingerprint density at radius 1 is 0.929 bits per heavy atom. The summed E-state index contributed by atoms with van der Waals surface area (Å²) in [6, 6.07) is 7.98. The second-order valence-electron chi connectivity index (χ2n) is 7.88. The molecule has 0 aliphatic heterocycles. The van der Waals surface area contributed by atoms with Crippen LogP contribution in [0.5, 0.6) is 0 Å². The van der Waals surface area contributed by atoms with Crippen LogP contribution in [-0.2, 0) is 16.1 Å². The van der Waals surface area contributed by atoms with Gasteiger partial charge in [0.2, 0.25) is 11.8 Å². The van der Waals surface area contributed by atoms with Gasteiger partial charge in [0.25, 0.3) is 0 Å². The number of benzene rings is 1. The fraction of sp³-hybridized carbons (Fsp3) is 0.435. The second kappa shape index (κ2) is 9.00. The van der Waals surface area contributed by atoms with E-state index in [1.807, 2.05) is 26.0 Å². The van der Waals surface area contributed by atoms with Crippen LogP contribution in [-0.4, -0.2) is 16.8 Å². The molecule has 1 fully saturated rings. The van der Waals surface area contributed by atoms with Gasteiger partial charge < -0.3 is 10.6 Å². The molecule has 28 heavy (non-hydrogen) atoms. The Balaban J connectivity index is 1.49. The number of aromatic nitrogens is 1. The van der Waals surface area contributed by atoms with Crippen molar-refractivity contribution in [3.05, 3.63) is 58.9 Å². The van der Waals surface area contributed by atoms with Crippen LogP contribution in [0, 0.1) is 32.6 Å². The number of anilines is 1. The number of carbonyl (C=O) groups excluding carboxylic acids is 2. The first-order chi connectivity index (χ1) is 13.4. The molecule has 0 unspecified atom stereocenters. The maximum absolute atomic E-state index is 12.7. The van der Waals surface area contributed by atoms with E-state index in [-0.39, 0.29) is 23.7 Å². The van der Waals surface area contributed by atoms with Crippen molar-refractivity contribution < 1.29 is 9.59 Å². The molecule has 148 valence electrons. The van der Waals surface area contributed by atoms with E-state index >= 15 is 0 Å². The Morgan fingerprint density at radius 3 is 2.04 bits per heavy atom. The lowest BCUT2D eigenvalue weighted by molar-refractivity contribution is -0.128. The summed E-state index contributed by atoms with van der Waals surface area (Å²) in [7, 11) is 0. The lowest BCUT2D eigenvalue weighted by Crippen LogP contribution is -2.35. The Bertz CT molecular complexity index is 817. The normalized spacial score (nSPS) is 19.1. The minimum Gasteiger partial charge on any atom is -0.352 e. The van der Waals surface area contributed by atoms with Crippen molar-refractivity contribution >= 4 is 17.5 Å². The monoisotopic (exact) mass is 379 g/mol. The number of carbonyl (C=O) groups is 2. The maximum atomic E-state index is 12.7. The summed E-state index contributed by atoms with van der Waals surface area (Å²) < 4.78 is 0. The van der Waals surface area contributed by atoms with Gasteiger partial charge in [0.05, 0.1) is 0 Å². The van der Waals surface area contributed by atoms with Crippen LogP contribution in [0.4, 0.5) is 5.69 Å². The average molecular weight is 380 g/mol. The largest absolute Gasteiger partial charge is 0.352 e. The number of hydrogen-bond donors (Lipinski definition) is 2. The molecule has 0 atom stereocenters. The van der Waals surface area contributed by atoms with Gasteiger partial charge in [-0.05, 0) is 75.3 Å².